The topological polar surface area (TPSA) is 92.3 Å². The van der Waals surface area contributed by atoms with E-state index in [1.807, 2.05) is 24.3 Å². The Morgan fingerprint density at radius 2 is 1.86 bits per heavy atom. The van der Waals surface area contributed by atoms with Gasteiger partial charge in [-0.25, -0.2) is 4.79 Å². The summed E-state index contributed by atoms with van der Waals surface area (Å²) in [5.41, 5.74) is 2.05. The number of furan rings is 1. The maximum absolute atomic E-state index is 12.4. The minimum atomic E-state index is -0.555. The molecule has 0 bridgehead atoms. The van der Waals surface area contributed by atoms with Crippen molar-refractivity contribution in [2.75, 3.05) is 6.61 Å². The number of amides is 1. The van der Waals surface area contributed by atoms with Gasteiger partial charge in [0.15, 0.2) is 6.61 Å². The molecule has 1 amide bonds. The van der Waals surface area contributed by atoms with Crippen LogP contribution >= 0.6 is 11.8 Å². The van der Waals surface area contributed by atoms with E-state index in [1.165, 1.54) is 18.0 Å². The number of nitrogens with one attached hydrogen (secondary N) is 1. The predicted molar refractivity (Wildman–Crippen MR) is 108 cm³/mol. The number of nitrogens with zero attached hydrogens (tertiary/aromatic N) is 1. The molecule has 0 radical (unpaired) electrons. The number of thioether (sulfide) groups is 1. The molecule has 29 heavy (non-hydrogen) atoms. The van der Waals surface area contributed by atoms with Crippen LogP contribution in [0, 0.1) is 11.3 Å². The highest BCUT2D eigenvalue weighted by Crippen LogP contribution is 2.27. The minimum Gasteiger partial charge on any atom is -0.467 e. The highest BCUT2D eigenvalue weighted by atomic mass is 32.2. The summed E-state index contributed by atoms with van der Waals surface area (Å²) < 4.78 is 10.3. The summed E-state index contributed by atoms with van der Waals surface area (Å²) in [6, 6.07) is 19.9. The first-order valence-corrected chi connectivity index (χ1v) is 9.81. The lowest BCUT2D eigenvalue weighted by molar-refractivity contribution is -0.124. The third kappa shape index (κ3) is 5.99. The molecule has 0 aliphatic heterocycles. The molecule has 3 rings (SSSR count). The van der Waals surface area contributed by atoms with E-state index < -0.39 is 11.9 Å². The Bertz CT molecular complexity index is 1010. The molecule has 1 aromatic heterocycles. The van der Waals surface area contributed by atoms with Crippen molar-refractivity contribution in [2.45, 2.75) is 17.2 Å². The third-order valence-corrected chi connectivity index (χ3v) is 5.10. The fourth-order valence-corrected chi connectivity index (χ4v) is 3.45. The molecule has 1 heterocycles. The van der Waals surface area contributed by atoms with Gasteiger partial charge in [-0.05, 0) is 42.0 Å². The molecule has 146 valence electrons. The molecule has 3 aromatic rings. The second-order valence-corrected chi connectivity index (χ2v) is 7.04. The molecule has 0 unspecified atom stereocenters. The average molecular weight is 406 g/mol. The fraction of sp³-hybridized carbons (Fsp3) is 0.136. The molecule has 0 saturated carbocycles. The minimum absolute atomic E-state index is 0.237. The number of benzene rings is 2. The van der Waals surface area contributed by atoms with E-state index in [0.29, 0.717) is 22.6 Å². The third-order valence-electron chi connectivity index (χ3n) is 3.96. The molecule has 0 fully saturated rings. The second kappa shape index (κ2) is 10.2. The van der Waals surface area contributed by atoms with Crippen LogP contribution in [0.1, 0.15) is 27.2 Å². The van der Waals surface area contributed by atoms with Crippen molar-refractivity contribution in [3.8, 4) is 6.07 Å². The van der Waals surface area contributed by atoms with E-state index in [9.17, 15) is 9.59 Å². The largest absolute Gasteiger partial charge is 0.467 e. The Balaban J connectivity index is 1.53. The van der Waals surface area contributed by atoms with Gasteiger partial charge in [0.2, 0.25) is 0 Å². The van der Waals surface area contributed by atoms with Crippen molar-refractivity contribution in [2.24, 2.45) is 0 Å². The molecule has 0 aliphatic rings. The summed E-state index contributed by atoms with van der Waals surface area (Å²) in [6.45, 7) is -0.130. The zero-order valence-electron chi connectivity index (χ0n) is 15.5. The molecule has 6 nitrogen and oxygen atoms in total. The number of carbonyl (C=O) groups is 2. The lowest BCUT2D eigenvalue weighted by Crippen LogP contribution is -2.28. The summed E-state index contributed by atoms with van der Waals surface area (Å²) in [5, 5.41) is 11.5. The summed E-state index contributed by atoms with van der Waals surface area (Å²) in [6.07, 6.45) is 1.52. The first kappa shape index (κ1) is 20.2. The Morgan fingerprint density at radius 1 is 1.07 bits per heavy atom. The van der Waals surface area contributed by atoms with Crippen molar-refractivity contribution in [1.29, 1.82) is 5.26 Å². The standard InChI is InChI=1S/C22H18N2O4S/c23-12-16-7-9-17(10-8-16)15-29-20-6-2-1-5-19(20)22(26)28-14-21(25)24-13-18-4-3-11-27-18/h1-11H,13-15H2,(H,24,25). The van der Waals surface area contributed by atoms with E-state index in [1.54, 1.807) is 36.4 Å². The lowest BCUT2D eigenvalue weighted by atomic mass is 10.2. The highest BCUT2D eigenvalue weighted by molar-refractivity contribution is 7.98. The zero-order chi connectivity index (χ0) is 20.5. The molecule has 0 atom stereocenters. The molecular formula is C22H18N2O4S. The molecular weight excluding hydrogens is 388 g/mol. The summed E-state index contributed by atoms with van der Waals surface area (Å²) in [5.74, 6) is 0.298. The van der Waals surface area contributed by atoms with Crippen LogP contribution < -0.4 is 5.32 Å². The van der Waals surface area contributed by atoms with Crippen LogP contribution in [0.5, 0.6) is 0 Å². The summed E-state index contributed by atoms with van der Waals surface area (Å²) >= 11 is 1.49. The first-order chi connectivity index (χ1) is 14.2. The number of esters is 1. The molecule has 1 N–H and O–H groups in total. The van der Waals surface area contributed by atoms with E-state index in [2.05, 4.69) is 11.4 Å². The predicted octanol–water partition coefficient (Wildman–Crippen LogP) is 3.92. The van der Waals surface area contributed by atoms with Crippen molar-refractivity contribution in [3.05, 3.63) is 89.4 Å². The Morgan fingerprint density at radius 3 is 2.59 bits per heavy atom. The maximum atomic E-state index is 12.4. The normalized spacial score (nSPS) is 10.2. The number of rotatable bonds is 8. The van der Waals surface area contributed by atoms with E-state index in [-0.39, 0.29) is 13.2 Å². The molecule has 7 heteroatoms. The van der Waals surface area contributed by atoms with Crippen LogP contribution in [0.3, 0.4) is 0 Å². The van der Waals surface area contributed by atoms with Gasteiger partial charge in [-0.2, -0.15) is 5.26 Å². The Kier molecular flexibility index (Phi) is 7.09. The van der Waals surface area contributed by atoms with Crippen LogP contribution in [0.4, 0.5) is 0 Å². The monoisotopic (exact) mass is 406 g/mol. The van der Waals surface area contributed by atoms with E-state index in [4.69, 9.17) is 14.4 Å². The number of hydrogen-bond acceptors (Lipinski definition) is 6. The van der Waals surface area contributed by atoms with Crippen LogP contribution in [0.25, 0.3) is 0 Å². The van der Waals surface area contributed by atoms with Crippen molar-refractivity contribution in [1.82, 2.24) is 5.32 Å². The fourth-order valence-electron chi connectivity index (χ4n) is 2.46. The van der Waals surface area contributed by atoms with Gasteiger partial charge in [-0.15, -0.1) is 11.8 Å². The van der Waals surface area contributed by atoms with Gasteiger partial charge >= 0.3 is 5.97 Å². The molecule has 0 saturated heterocycles. The van der Waals surface area contributed by atoms with Crippen LogP contribution in [-0.4, -0.2) is 18.5 Å². The number of carbonyl (C=O) groups excluding carboxylic acids is 2. The van der Waals surface area contributed by atoms with Gasteiger partial charge in [0.25, 0.3) is 5.91 Å². The highest BCUT2D eigenvalue weighted by Gasteiger charge is 2.15. The van der Waals surface area contributed by atoms with Gasteiger partial charge in [-0.3, -0.25) is 4.79 Å². The van der Waals surface area contributed by atoms with Gasteiger partial charge < -0.3 is 14.5 Å². The number of ether oxygens (including phenoxy) is 1. The lowest BCUT2D eigenvalue weighted by Gasteiger charge is -2.10. The Labute approximate surface area is 172 Å². The second-order valence-electron chi connectivity index (χ2n) is 6.03. The SMILES string of the molecule is N#Cc1ccc(CSc2ccccc2C(=O)OCC(=O)NCc2ccco2)cc1. The quantitative estimate of drug-likeness (QED) is 0.450. The zero-order valence-corrected chi connectivity index (χ0v) is 16.3. The summed E-state index contributed by atoms with van der Waals surface area (Å²) in [4.78, 5) is 25.1. The number of hydrogen-bond donors (Lipinski definition) is 1. The van der Waals surface area contributed by atoms with Crippen LogP contribution in [0.15, 0.2) is 76.2 Å². The van der Waals surface area contributed by atoms with Crippen molar-refractivity contribution < 1.29 is 18.7 Å². The molecule has 2 aromatic carbocycles. The Hall–Kier alpha value is -3.50. The van der Waals surface area contributed by atoms with Crippen molar-refractivity contribution in [3.63, 3.8) is 0 Å². The van der Waals surface area contributed by atoms with Crippen molar-refractivity contribution >= 4 is 23.6 Å². The van der Waals surface area contributed by atoms with E-state index in [0.717, 1.165) is 10.5 Å². The smallest absolute Gasteiger partial charge is 0.339 e. The van der Waals surface area contributed by atoms with Crippen LogP contribution in [0.2, 0.25) is 0 Å². The molecule has 0 aliphatic carbocycles. The van der Waals surface area contributed by atoms with Crippen LogP contribution in [-0.2, 0) is 21.8 Å². The van der Waals surface area contributed by atoms with Gasteiger partial charge in [0.1, 0.15) is 5.76 Å². The molecule has 0 spiro atoms. The van der Waals surface area contributed by atoms with Gasteiger partial charge in [0, 0.05) is 10.6 Å². The van der Waals surface area contributed by atoms with E-state index >= 15 is 0 Å². The summed E-state index contributed by atoms with van der Waals surface area (Å²) in [7, 11) is 0. The average Bonchev–Trinajstić information content (AvgIpc) is 3.29. The number of nitriles is 1. The maximum Gasteiger partial charge on any atom is 0.339 e. The first-order valence-electron chi connectivity index (χ1n) is 8.83. The van der Waals surface area contributed by atoms with Gasteiger partial charge in [0.05, 0.1) is 30.0 Å². The van der Waals surface area contributed by atoms with Gasteiger partial charge in [-0.1, -0.05) is 24.3 Å².